The van der Waals surface area contributed by atoms with E-state index in [4.69, 9.17) is 0 Å². The number of hydrogen-bond donors (Lipinski definition) is 1. The number of non-ortho nitro benzene ring substituents is 1. The first kappa shape index (κ1) is 18.0. The number of nitro groups is 1. The second-order valence-electron chi connectivity index (χ2n) is 4.84. The number of amides is 1. The van der Waals surface area contributed by atoms with Crippen LogP contribution in [0.25, 0.3) is 0 Å². The zero-order valence-electron chi connectivity index (χ0n) is 12.6. The van der Waals surface area contributed by atoms with E-state index in [1.807, 2.05) is 0 Å². The molecule has 0 bridgehead atoms. The summed E-state index contributed by atoms with van der Waals surface area (Å²) in [6, 6.07) is 9.93. The van der Waals surface area contributed by atoms with Crippen molar-refractivity contribution in [2.45, 2.75) is 6.18 Å². The molecule has 2 aromatic carbocycles. The van der Waals surface area contributed by atoms with Gasteiger partial charge in [-0.1, -0.05) is 30.0 Å². The molecule has 1 amide bonds. The molecule has 2 rings (SSSR count). The molecule has 0 aliphatic heterocycles. The van der Waals surface area contributed by atoms with Crippen molar-refractivity contribution in [2.24, 2.45) is 0 Å². The minimum atomic E-state index is -4.52. The second-order valence-corrected chi connectivity index (χ2v) is 4.84. The first-order valence-corrected chi connectivity index (χ1v) is 6.97. The second kappa shape index (κ2) is 7.49. The van der Waals surface area contributed by atoms with Crippen molar-refractivity contribution >= 4 is 11.6 Å². The van der Waals surface area contributed by atoms with Gasteiger partial charge in [0.2, 0.25) is 0 Å². The molecule has 0 saturated heterocycles. The Bertz CT molecular complexity index is 867. The van der Waals surface area contributed by atoms with Gasteiger partial charge in [0.1, 0.15) is 0 Å². The van der Waals surface area contributed by atoms with Gasteiger partial charge in [0, 0.05) is 23.3 Å². The van der Waals surface area contributed by atoms with Crippen molar-refractivity contribution in [3.8, 4) is 11.8 Å². The SMILES string of the molecule is O=C(NCC#Cc1ccccc1C(F)(F)F)c1cccc([N+](=O)[O-])c1. The Hall–Kier alpha value is -3.34. The van der Waals surface area contributed by atoms with Crippen molar-refractivity contribution < 1.29 is 22.9 Å². The number of nitrogens with zero attached hydrogens (tertiary/aromatic N) is 1. The Kier molecular flexibility index (Phi) is 5.39. The summed E-state index contributed by atoms with van der Waals surface area (Å²) in [5.74, 6) is 4.19. The molecule has 0 atom stereocenters. The third kappa shape index (κ3) is 4.81. The van der Waals surface area contributed by atoms with Crippen LogP contribution in [0.4, 0.5) is 18.9 Å². The molecule has 1 N–H and O–H groups in total. The van der Waals surface area contributed by atoms with Crippen LogP contribution in [0.2, 0.25) is 0 Å². The molecule has 0 aromatic heterocycles. The highest BCUT2D eigenvalue weighted by Crippen LogP contribution is 2.31. The molecule has 25 heavy (non-hydrogen) atoms. The fraction of sp³-hybridized carbons (Fsp3) is 0.118. The number of carbonyl (C=O) groups excluding carboxylic acids is 1. The highest BCUT2D eigenvalue weighted by molar-refractivity contribution is 5.94. The summed E-state index contributed by atoms with van der Waals surface area (Å²) in [6.07, 6.45) is -4.52. The molecule has 128 valence electrons. The zero-order chi connectivity index (χ0) is 18.4. The summed E-state index contributed by atoms with van der Waals surface area (Å²) < 4.78 is 38.5. The van der Waals surface area contributed by atoms with E-state index in [9.17, 15) is 28.1 Å². The molecule has 0 heterocycles. The number of benzene rings is 2. The minimum Gasteiger partial charge on any atom is -0.341 e. The molecule has 5 nitrogen and oxygen atoms in total. The quantitative estimate of drug-likeness (QED) is 0.525. The van der Waals surface area contributed by atoms with Crippen LogP contribution in [0.15, 0.2) is 48.5 Å². The standard InChI is InChI=1S/C17H11F3N2O3/c18-17(19,20)15-9-2-1-5-12(15)7-4-10-21-16(23)13-6-3-8-14(11-13)22(24)25/h1-3,5-6,8-9,11H,10H2,(H,21,23). The van der Waals surface area contributed by atoms with E-state index in [0.717, 1.165) is 12.1 Å². The summed E-state index contributed by atoms with van der Waals surface area (Å²) >= 11 is 0. The first-order valence-electron chi connectivity index (χ1n) is 6.97. The van der Waals surface area contributed by atoms with Gasteiger partial charge in [0.25, 0.3) is 11.6 Å². The van der Waals surface area contributed by atoms with Gasteiger partial charge in [-0.25, -0.2) is 0 Å². The van der Waals surface area contributed by atoms with Gasteiger partial charge < -0.3 is 5.32 Å². The van der Waals surface area contributed by atoms with E-state index in [1.165, 1.54) is 36.4 Å². The third-order valence-corrected chi connectivity index (χ3v) is 3.11. The van der Waals surface area contributed by atoms with E-state index >= 15 is 0 Å². The third-order valence-electron chi connectivity index (χ3n) is 3.11. The Morgan fingerprint density at radius 2 is 1.88 bits per heavy atom. The van der Waals surface area contributed by atoms with Gasteiger partial charge in [-0.05, 0) is 18.2 Å². The van der Waals surface area contributed by atoms with Gasteiger partial charge in [0.05, 0.1) is 17.0 Å². The lowest BCUT2D eigenvalue weighted by molar-refractivity contribution is -0.384. The van der Waals surface area contributed by atoms with Crippen molar-refractivity contribution in [3.63, 3.8) is 0 Å². The van der Waals surface area contributed by atoms with Crippen molar-refractivity contribution in [3.05, 3.63) is 75.3 Å². The number of hydrogen-bond acceptors (Lipinski definition) is 3. The maximum Gasteiger partial charge on any atom is 0.417 e. The van der Waals surface area contributed by atoms with Gasteiger partial charge >= 0.3 is 6.18 Å². The molecule has 0 aliphatic rings. The van der Waals surface area contributed by atoms with E-state index in [1.54, 1.807) is 0 Å². The summed E-state index contributed by atoms with van der Waals surface area (Å²) in [7, 11) is 0. The van der Waals surface area contributed by atoms with Gasteiger partial charge in [-0.15, -0.1) is 0 Å². The molecular weight excluding hydrogens is 337 g/mol. The lowest BCUT2D eigenvalue weighted by atomic mass is 10.1. The van der Waals surface area contributed by atoms with E-state index < -0.39 is 22.6 Å². The van der Waals surface area contributed by atoms with E-state index in [2.05, 4.69) is 17.2 Å². The average Bonchev–Trinajstić information content (AvgIpc) is 2.58. The molecule has 0 fully saturated rings. The minimum absolute atomic E-state index is 0.0618. The normalized spacial score (nSPS) is 10.5. The highest BCUT2D eigenvalue weighted by Gasteiger charge is 2.32. The van der Waals surface area contributed by atoms with Crippen molar-refractivity contribution in [1.29, 1.82) is 0 Å². The average molecular weight is 348 g/mol. The lowest BCUT2D eigenvalue weighted by Crippen LogP contribution is -2.23. The van der Waals surface area contributed by atoms with Crippen LogP contribution in [-0.2, 0) is 6.18 Å². The van der Waals surface area contributed by atoms with Crippen LogP contribution in [0.1, 0.15) is 21.5 Å². The summed E-state index contributed by atoms with van der Waals surface area (Å²) in [5, 5.41) is 13.0. The maximum atomic E-state index is 12.8. The van der Waals surface area contributed by atoms with Crippen LogP contribution in [-0.4, -0.2) is 17.4 Å². The molecule has 0 aliphatic carbocycles. The van der Waals surface area contributed by atoms with Gasteiger partial charge in [-0.2, -0.15) is 13.2 Å². The monoisotopic (exact) mass is 348 g/mol. The first-order chi connectivity index (χ1) is 11.8. The summed E-state index contributed by atoms with van der Waals surface area (Å²) in [4.78, 5) is 21.9. The zero-order valence-corrected chi connectivity index (χ0v) is 12.6. The Labute approximate surface area is 140 Å². The molecule has 0 spiro atoms. The number of carbonyl (C=O) groups is 1. The van der Waals surface area contributed by atoms with Crippen molar-refractivity contribution in [1.82, 2.24) is 5.32 Å². The number of nitrogens with one attached hydrogen (secondary N) is 1. The molecular formula is C17H11F3N2O3. The van der Waals surface area contributed by atoms with Crippen LogP contribution in [0, 0.1) is 22.0 Å². The predicted octanol–water partition coefficient (Wildman–Crippen LogP) is 3.40. The molecule has 0 radical (unpaired) electrons. The smallest absolute Gasteiger partial charge is 0.341 e. The fourth-order valence-electron chi connectivity index (χ4n) is 1.97. The largest absolute Gasteiger partial charge is 0.417 e. The molecule has 0 unspecified atom stereocenters. The van der Waals surface area contributed by atoms with E-state index in [0.29, 0.717) is 0 Å². The Balaban J connectivity index is 2.05. The van der Waals surface area contributed by atoms with Crippen LogP contribution >= 0.6 is 0 Å². The fourth-order valence-corrected chi connectivity index (χ4v) is 1.97. The Morgan fingerprint density at radius 1 is 1.16 bits per heavy atom. The van der Waals surface area contributed by atoms with Crippen LogP contribution in [0.5, 0.6) is 0 Å². The topological polar surface area (TPSA) is 72.2 Å². The Morgan fingerprint density at radius 3 is 2.56 bits per heavy atom. The summed E-state index contributed by atoms with van der Waals surface area (Å²) in [6.45, 7) is -0.201. The number of alkyl halides is 3. The van der Waals surface area contributed by atoms with Gasteiger partial charge in [0.15, 0.2) is 0 Å². The molecule has 0 saturated carbocycles. The highest BCUT2D eigenvalue weighted by atomic mass is 19.4. The van der Waals surface area contributed by atoms with Crippen LogP contribution in [0.3, 0.4) is 0 Å². The summed E-state index contributed by atoms with van der Waals surface area (Å²) in [5.41, 5.74) is -1.23. The molecule has 8 heteroatoms. The number of halogens is 3. The number of nitro benzene ring substituents is 1. The van der Waals surface area contributed by atoms with Gasteiger partial charge in [-0.3, -0.25) is 14.9 Å². The number of rotatable bonds is 3. The van der Waals surface area contributed by atoms with E-state index in [-0.39, 0.29) is 23.4 Å². The van der Waals surface area contributed by atoms with Crippen LogP contribution < -0.4 is 5.32 Å². The van der Waals surface area contributed by atoms with Crippen molar-refractivity contribution in [2.75, 3.05) is 6.54 Å². The predicted molar refractivity (Wildman–Crippen MR) is 83.8 cm³/mol. The maximum absolute atomic E-state index is 12.8. The lowest BCUT2D eigenvalue weighted by Gasteiger charge is -2.08. The molecule has 2 aromatic rings.